The largest absolute Gasteiger partial charge is 0.368 e. The fourth-order valence-electron chi connectivity index (χ4n) is 1.57. The van der Waals surface area contributed by atoms with Crippen molar-refractivity contribution in [2.24, 2.45) is 5.73 Å². The Labute approximate surface area is 96.2 Å². The molecule has 1 saturated heterocycles. The Kier molecular flexibility index (Phi) is 3.61. The van der Waals surface area contributed by atoms with Gasteiger partial charge >= 0.3 is 0 Å². The van der Waals surface area contributed by atoms with Gasteiger partial charge < -0.3 is 11.1 Å². The first-order chi connectivity index (χ1) is 7.18. The number of amides is 1. The molecule has 1 unspecified atom stereocenters. The summed E-state index contributed by atoms with van der Waals surface area (Å²) in [7, 11) is -3.50. The molecule has 1 heterocycles. The van der Waals surface area contributed by atoms with Gasteiger partial charge in [0.2, 0.25) is 15.9 Å². The maximum atomic E-state index is 12.2. The number of nitrogens with one attached hydrogen (secondary N) is 1. The van der Waals surface area contributed by atoms with Gasteiger partial charge in [-0.05, 0) is 20.8 Å². The van der Waals surface area contributed by atoms with Crippen molar-refractivity contribution in [2.75, 3.05) is 19.6 Å². The van der Waals surface area contributed by atoms with E-state index in [0.717, 1.165) is 0 Å². The first-order valence-corrected chi connectivity index (χ1v) is 6.63. The molecule has 1 rings (SSSR count). The first-order valence-electron chi connectivity index (χ1n) is 5.19. The number of carbonyl (C=O) groups excluding carboxylic acids is 1. The third-order valence-corrected chi connectivity index (χ3v) is 5.21. The summed E-state index contributed by atoms with van der Waals surface area (Å²) >= 11 is 0. The molecule has 3 N–H and O–H groups in total. The molecule has 0 bridgehead atoms. The van der Waals surface area contributed by atoms with Gasteiger partial charge in [0.15, 0.2) is 0 Å². The maximum absolute atomic E-state index is 12.2. The average Bonchev–Trinajstić information content (AvgIpc) is 2.16. The molecule has 0 spiro atoms. The van der Waals surface area contributed by atoms with Crippen LogP contribution in [0.2, 0.25) is 0 Å². The topological polar surface area (TPSA) is 92.5 Å². The fraction of sp³-hybridized carbons (Fsp3) is 0.889. The minimum absolute atomic E-state index is 0.282. The number of nitrogens with two attached hydrogens (primary N) is 1. The highest BCUT2D eigenvalue weighted by atomic mass is 32.2. The molecule has 16 heavy (non-hydrogen) atoms. The maximum Gasteiger partial charge on any atom is 0.237 e. The summed E-state index contributed by atoms with van der Waals surface area (Å²) in [6, 6.07) is -0.780. The van der Waals surface area contributed by atoms with E-state index < -0.39 is 26.7 Å². The van der Waals surface area contributed by atoms with Crippen molar-refractivity contribution in [1.82, 2.24) is 9.62 Å². The fourth-order valence-corrected chi connectivity index (χ4v) is 3.12. The van der Waals surface area contributed by atoms with Gasteiger partial charge in [-0.2, -0.15) is 4.31 Å². The van der Waals surface area contributed by atoms with Crippen LogP contribution in [0.1, 0.15) is 20.8 Å². The SMILES string of the molecule is CC(C)(C)S(=O)(=O)N1CCNCC1C(N)=O. The number of nitrogens with zero attached hydrogens (tertiary/aromatic N) is 1. The molecule has 7 heteroatoms. The Morgan fingerprint density at radius 1 is 1.44 bits per heavy atom. The van der Waals surface area contributed by atoms with Crippen LogP contribution >= 0.6 is 0 Å². The minimum atomic E-state index is -3.50. The van der Waals surface area contributed by atoms with E-state index in [1.807, 2.05) is 0 Å². The number of rotatable bonds is 2. The number of piperazine rings is 1. The molecule has 1 fully saturated rings. The van der Waals surface area contributed by atoms with Crippen molar-refractivity contribution in [3.8, 4) is 0 Å². The summed E-state index contributed by atoms with van der Waals surface area (Å²) in [4.78, 5) is 11.2. The van der Waals surface area contributed by atoms with Crippen molar-refractivity contribution in [3.63, 3.8) is 0 Å². The van der Waals surface area contributed by atoms with Crippen LogP contribution in [0, 0.1) is 0 Å². The van der Waals surface area contributed by atoms with Crippen molar-refractivity contribution >= 4 is 15.9 Å². The third-order valence-electron chi connectivity index (χ3n) is 2.61. The van der Waals surface area contributed by atoms with E-state index >= 15 is 0 Å². The number of hydrogen-bond donors (Lipinski definition) is 2. The van der Waals surface area contributed by atoms with E-state index in [2.05, 4.69) is 5.32 Å². The van der Waals surface area contributed by atoms with Gasteiger partial charge in [0.25, 0.3) is 0 Å². The van der Waals surface area contributed by atoms with Crippen LogP contribution in [0.4, 0.5) is 0 Å². The van der Waals surface area contributed by atoms with Gasteiger partial charge in [-0.15, -0.1) is 0 Å². The highest BCUT2D eigenvalue weighted by Crippen LogP contribution is 2.22. The van der Waals surface area contributed by atoms with Gasteiger partial charge in [-0.3, -0.25) is 4.79 Å². The molecule has 1 aliphatic rings. The Hall–Kier alpha value is -0.660. The lowest BCUT2D eigenvalue weighted by atomic mass is 10.2. The van der Waals surface area contributed by atoms with Crippen LogP contribution in [-0.4, -0.2) is 49.1 Å². The molecule has 94 valence electrons. The quantitative estimate of drug-likeness (QED) is 0.648. The number of primary amides is 1. The van der Waals surface area contributed by atoms with Crippen LogP contribution in [0.25, 0.3) is 0 Å². The van der Waals surface area contributed by atoms with Gasteiger partial charge in [0, 0.05) is 19.6 Å². The summed E-state index contributed by atoms with van der Waals surface area (Å²) in [6.07, 6.45) is 0. The lowest BCUT2D eigenvalue weighted by Gasteiger charge is -2.37. The second-order valence-corrected chi connectivity index (χ2v) is 7.49. The van der Waals surface area contributed by atoms with E-state index in [-0.39, 0.29) is 13.1 Å². The van der Waals surface area contributed by atoms with Crippen LogP contribution in [0.15, 0.2) is 0 Å². The summed E-state index contributed by atoms with van der Waals surface area (Å²) in [5, 5.41) is 2.96. The Morgan fingerprint density at radius 2 is 2.00 bits per heavy atom. The zero-order valence-corrected chi connectivity index (χ0v) is 10.7. The van der Waals surface area contributed by atoms with Gasteiger partial charge in [0.1, 0.15) is 6.04 Å². The van der Waals surface area contributed by atoms with Crippen LogP contribution in [0.5, 0.6) is 0 Å². The average molecular weight is 249 g/mol. The lowest BCUT2D eigenvalue weighted by Crippen LogP contribution is -2.61. The normalized spacial score (nSPS) is 24.3. The van der Waals surface area contributed by atoms with E-state index in [0.29, 0.717) is 6.54 Å². The zero-order chi connectivity index (χ0) is 12.6. The Bertz CT molecular complexity index is 372. The third kappa shape index (κ3) is 2.36. The first kappa shape index (κ1) is 13.4. The minimum Gasteiger partial charge on any atom is -0.368 e. The highest BCUT2D eigenvalue weighted by Gasteiger charge is 2.42. The molecular formula is C9H19N3O3S. The number of hydrogen-bond acceptors (Lipinski definition) is 4. The van der Waals surface area contributed by atoms with Crippen LogP contribution in [-0.2, 0) is 14.8 Å². The van der Waals surface area contributed by atoms with E-state index in [4.69, 9.17) is 5.73 Å². The second-order valence-electron chi connectivity index (χ2n) is 4.85. The predicted octanol–water partition coefficient (Wildman–Crippen LogP) is -1.13. The predicted molar refractivity (Wildman–Crippen MR) is 61.2 cm³/mol. The molecule has 0 aliphatic carbocycles. The Morgan fingerprint density at radius 3 is 2.44 bits per heavy atom. The van der Waals surface area contributed by atoms with E-state index in [1.54, 1.807) is 20.8 Å². The van der Waals surface area contributed by atoms with Crippen molar-refractivity contribution in [2.45, 2.75) is 31.6 Å². The molecule has 0 aromatic heterocycles. The standard InChI is InChI=1S/C9H19N3O3S/c1-9(2,3)16(14,15)12-5-4-11-6-7(12)8(10)13/h7,11H,4-6H2,1-3H3,(H2,10,13). The lowest BCUT2D eigenvalue weighted by molar-refractivity contribution is -0.122. The Balaban J connectivity index is 3.05. The monoisotopic (exact) mass is 249 g/mol. The van der Waals surface area contributed by atoms with E-state index in [9.17, 15) is 13.2 Å². The molecule has 1 amide bonds. The van der Waals surface area contributed by atoms with Gasteiger partial charge in [0.05, 0.1) is 4.75 Å². The molecule has 0 aromatic carbocycles. The van der Waals surface area contributed by atoms with Crippen molar-refractivity contribution < 1.29 is 13.2 Å². The summed E-state index contributed by atoms with van der Waals surface area (Å²) in [5.41, 5.74) is 5.21. The van der Waals surface area contributed by atoms with Crippen molar-refractivity contribution in [1.29, 1.82) is 0 Å². The number of carbonyl (C=O) groups is 1. The summed E-state index contributed by atoms with van der Waals surface area (Å²) in [5.74, 6) is -0.611. The number of sulfonamides is 1. The smallest absolute Gasteiger partial charge is 0.237 e. The van der Waals surface area contributed by atoms with Crippen LogP contribution < -0.4 is 11.1 Å². The molecule has 0 saturated carbocycles. The molecule has 1 atom stereocenters. The molecular weight excluding hydrogens is 230 g/mol. The second kappa shape index (κ2) is 4.31. The molecule has 1 aliphatic heterocycles. The van der Waals surface area contributed by atoms with E-state index in [1.165, 1.54) is 4.31 Å². The molecule has 0 aromatic rings. The zero-order valence-electron chi connectivity index (χ0n) is 9.86. The van der Waals surface area contributed by atoms with Gasteiger partial charge in [-0.1, -0.05) is 0 Å². The molecule has 6 nitrogen and oxygen atoms in total. The molecule has 0 radical (unpaired) electrons. The summed E-state index contributed by atoms with van der Waals surface area (Å²) in [6.45, 7) is 5.95. The van der Waals surface area contributed by atoms with Crippen LogP contribution in [0.3, 0.4) is 0 Å². The van der Waals surface area contributed by atoms with Gasteiger partial charge in [-0.25, -0.2) is 8.42 Å². The highest BCUT2D eigenvalue weighted by molar-refractivity contribution is 7.90. The van der Waals surface area contributed by atoms with Crippen molar-refractivity contribution in [3.05, 3.63) is 0 Å². The summed E-state index contributed by atoms with van der Waals surface area (Å²) < 4.78 is 24.7.